The van der Waals surface area contributed by atoms with Crippen LogP contribution in [-0.2, 0) is 14.4 Å². The zero-order valence-corrected chi connectivity index (χ0v) is 14.5. The van der Waals surface area contributed by atoms with Crippen molar-refractivity contribution < 1.29 is 19.1 Å². The Hall–Kier alpha value is -2.34. The van der Waals surface area contributed by atoms with Crippen LogP contribution in [0.5, 0.6) is 5.75 Å². The summed E-state index contributed by atoms with van der Waals surface area (Å²) in [5, 5.41) is 5.81. The second kappa shape index (κ2) is 7.49. The number of allylic oxidation sites excluding steroid dienone is 2. The molecule has 0 spiro atoms. The molecular weight excluding hydrogens is 332 g/mol. The van der Waals surface area contributed by atoms with Gasteiger partial charge in [-0.05, 0) is 38.5 Å². The molecule has 1 atom stereocenters. The Morgan fingerprint density at radius 3 is 2.75 bits per heavy atom. The second-order valence-electron chi connectivity index (χ2n) is 5.65. The molecule has 0 aliphatic carbocycles. The first kappa shape index (κ1) is 18.0. The molecule has 0 radical (unpaired) electrons. The highest BCUT2D eigenvalue weighted by Crippen LogP contribution is 2.29. The van der Waals surface area contributed by atoms with Crippen LogP contribution in [0.2, 0.25) is 5.02 Å². The molecule has 2 N–H and O–H groups in total. The van der Waals surface area contributed by atoms with Crippen molar-refractivity contribution in [3.8, 4) is 5.75 Å². The lowest BCUT2D eigenvalue weighted by Gasteiger charge is -2.24. The number of ether oxygens (including phenoxy) is 1. The lowest BCUT2D eigenvalue weighted by atomic mass is 9.89. The minimum absolute atomic E-state index is 0.0361. The van der Waals surface area contributed by atoms with E-state index in [0.29, 0.717) is 27.7 Å². The van der Waals surface area contributed by atoms with E-state index in [9.17, 15) is 14.4 Å². The van der Waals surface area contributed by atoms with Crippen molar-refractivity contribution in [3.63, 3.8) is 0 Å². The van der Waals surface area contributed by atoms with Crippen LogP contribution in [-0.4, -0.2) is 24.7 Å². The molecule has 1 aliphatic rings. The van der Waals surface area contributed by atoms with E-state index >= 15 is 0 Å². The summed E-state index contributed by atoms with van der Waals surface area (Å²) in [5.41, 5.74) is 1.54. The summed E-state index contributed by atoms with van der Waals surface area (Å²) in [6, 6.07) is 4.87. The largest absolute Gasteiger partial charge is 0.495 e. The Labute approximate surface area is 145 Å². The van der Waals surface area contributed by atoms with Gasteiger partial charge in [0, 0.05) is 22.7 Å². The van der Waals surface area contributed by atoms with Crippen molar-refractivity contribution in [1.82, 2.24) is 5.32 Å². The van der Waals surface area contributed by atoms with Gasteiger partial charge in [-0.25, -0.2) is 0 Å². The number of carbonyl (C=O) groups is 3. The van der Waals surface area contributed by atoms with Crippen LogP contribution < -0.4 is 15.4 Å². The van der Waals surface area contributed by atoms with E-state index < -0.39 is 5.92 Å². The third kappa shape index (κ3) is 4.14. The van der Waals surface area contributed by atoms with E-state index in [1.807, 2.05) is 0 Å². The number of hydrogen-bond donors (Lipinski definition) is 2. The van der Waals surface area contributed by atoms with Crippen molar-refractivity contribution in [2.24, 2.45) is 5.92 Å². The standard InChI is InChI=1S/C17H19ClN2O4/c1-9-13(10(2)21)6-11(17(23)19-9)7-16(22)20-14-8-12(18)4-5-15(14)24-3/h4-5,8,11H,6-7H2,1-3H3,(H,19,23)(H,20,22). The van der Waals surface area contributed by atoms with Crippen LogP contribution in [0, 0.1) is 5.92 Å². The Morgan fingerprint density at radius 1 is 1.42 bits per heavy atom. The lowest BCUT2D eigenvalue weighted by molar-refractivity contribution is -0.128. The molecule has 1 aromatic carbocycles. The predicted octanol–water partition coefficient (Wildman–Crippen LogP) is 2.68. The molecule has 6 nitrogen and oxygen atoms in total. The zero-order valence-electron chi connectivity index (χ0n) is 13.7. The molecule has 2 amide bonds. The smallest absolute Gasteiger partial charge is 0.228 e. The highest BCUT2D eigenvalue weighted by atomic mass is 35.5. The average molecular weight is 351 g/mol. The molecule has 24 heavy (non-hydrogen) atoms. The van der Waals surface area contributed by atoms with Crippen LogP contribution in [0.15, 0.2) is 29.5 Å². The summed E-state index contributed by atoms with van der Waals surface area (Å²) in [6.45, 7) is 3.13. The number of benzene rings is 1. The molecule has 0 fully saturated rings. The minimum atomic E-state index is -0.585. The molecule has 0 aromatic heterocycles. The molecule has 7 heteroatoms. The van der Waals surface area contributed by atoms with Gasteiger partial charge >= 0.3 is 0 Å². The number of rotatable bonds is 5. The number of hydrogen-bond acceptors (Lipinski definition) is 4. The number of nitrogens with one attached hydrogen (secondary N) is 2. The Balaban J connectivity index is 2.09. The van der Waals surface area contributed by atoms with E-state index in [1.54, 1.807) is 25.1 Å². The van der Waals surface area contributed by atoms with Gasteiger partial charge in [0.2, 0.25) is 11.8 Å². The van der Waals surface area contributed by atoms with Crippen molar-refractivity contribution in [2.75, 3.05) is 12.4 Å². The van der Waals surface area contributed by atoms with Gasteiger partial charge in [-0.1, -0.05) is 11.6 Å². The molecule has 0 saturated carbocycles. The summed E-state index contributed by atoms with van der Waals surface area (Å²) in [6.07, 6.45) is 0.221. The van der Waals surface area contributed by atoms with Gasteiger partial charge in [0.1, 0.15) is 5.75 Å². The minimum Gasteiger partial charge on any atom is -0.495 e. The summed E-state index contributed by atoms with van der Waals surface area (Å²) in [5.74, 6) is -0.822. The summed E-state index contributed by atoms with van der Waals surface area (Å²) in [7, 11) is 1.49. The van der Waals surface area contributed by atoms with Crippen LogP contribution in [0.4, 0.5) is 5.69 Å². The molecule has 1 heterocycles. The number of Topliss-reactive ketones (excluding diaryl/α,β-unsaturated/α-hetero) is 1. The van der Waals surface area contributed by atoms with Crippen LogP contribution in [0.3, 0.4) is 0 Å². The maximum absolute atomic E-state index is 12.3. The van der Waals surface area contributed by atoms with E-state index in [0.717, 1.165) is 0 Å². The SMILES string of the molecule is COc1ccc(Cl)cc1NC(=O)CC1CC(C(C)=O)=C(C)NC1=O. The van der Waals surface area contributed by atoms with E-state index in [4.69, 9.17) is 16.3 Å². The van der Waals surface area contributed by atoms with E-state index in [-0.39, 0.29) is 30.4 Å². The third-order valence-electron chi connectivity index (χ3n) is 3.88. The maximum atomic E-state index is 12.3. The van der Waals surface area contributed by atoms with Crippen molar-refractivity contribution >= 4 is 34.9 Å². The fraction of sp³-hybridized carbons (Fsp3) is 0.353. The van der Waals surface area contributed by atoms with E-state index in [1.165, 1.54) is 14.0 Å². The Kier molecular flexibility index (Phi) is 5.62. The highest BCUT2D eigenvalue weighted by Gasteiger charge is 2.30. The predicted molar refractivity (Wildman–Crippen MR) is 90.9 cm³/mol. The molecule has 2 rings (SSSR count). The topological polar surface area (TPSA) is 84.5 Å². The lowest BCUT2D eigenvalue weighted by Crippen LogP contribution is -2.38. The van der Waals surface area contributed by atoms with Gasteiger partial charge in [-0.2, -0.15) is 0 Å². The number of halogens is 1. The quantitative estimate of drug-likeness (QED) is 0.855. The third-order valence-corrected chi connectivity index (χ3v) is 4.11. The average Bonchev–Trinajstić information content (AvgIpc) is 2.49. The molecular formula is C17H19ClN2O4. The first-order valence-electron chi connectivity index (χ1n) is 7.46. The monoisotopic (exact) mass is 350 g/mol. The van der Waals surface area contributed by atoms with Crippen molar-refractivity contribution in [3.05, 3.63) is 34.5 Å². The normalized spacial score (nSPS) is 17.3. The van der Waals surface area contributed by atoms with Crippen LogP contribution in [0.25, 0.3) is 0 Å². The van der Waals surface area contributed by atoms with Gasteiger partial charge in [-0.15, -0.1) is 0 Å². The first-order chi connectivity index (χ1) is 11.3. The zero-order chi connectivity index (χ0) is 17.9. The summed E-state index contributed by atoms with van der Waals surface area (Å²) >= 11 is 5.93. The number of ketones is 1. The van der Waals surface area contributed by atoms with Crippen LogP contribution in [0.1, 0.15) is 26.7 Å². The second-order valence-corrected chi connectivity index (χ2v) is 6.08. The number of carbonyl (C=O) groups excluding carboxylic acids is 3. The first-order valence-corrected chi connectivity index (χ1v) is 7.84. The molecule has 1 aliphatic heterocycles. The maximum Gasteiger partial charge on any atom is 0.228 e. The number of methoxy groups -OCH3 is 1. The molecule has 128 valence electrons. The highest BCUT2D eigenvalue weighted by molar-refractivity contribution is 6.31. The van der Waals surface area contributed by atoms with Gasteiger partial charge in [0.15, 0.2) is 5.78 Å². The van der Waals surface area contributed by atoms with Gasteiger partial charge in [0.25, 0.3) is 0 Å². The van der Waals surface area contributed by atoms with Gasteiger partial charge in [-0.3, -0.25) is 14.4 Å². The molecule has 1 aromatic rings. The molecule has 1 unspecified atom stereocenters. The van der Waals surface area contributed by atoms with Crippen molar-refractivity contribution in [2.45, 2.75) is 26.7 Å². The number of anilines is 1. The van der Waals surface area contributed by atoms with Crippen LogP contribution >= 0.6 is 11.6 Å². The fourth-order valence-corrected chi connectivity index (χ4v) is 2.80. The van der Waals surface area contributed by atoms with Gasteiger partial charge in [0.05, 0.1) is 18.7 Å². The van der Waals surface area contributed by atoms with Crippen molar-refractivity contribution in [1.29, 1.82) is 0 Å². The van der Waals surface area contributed by atoms with E-state index in [2.05, 4.69) is 10.6 Å². The Morgan fingerprint density at radius 2 is 2.12 bits per heavy atom. The fourth-order valence-electron chi connectivity index (χ4n) is 2.63. The summed E-state index contributed by atoms with van der Waals surface area (Å²) < 4.78 is 5.17. The summed E-state index contributed by atoms with van der Waals surface area (Å²) in [4.78, 5) is 35.9. The molecule has 0 saturated heterocycles. The number of amides is 2. The Bertz CT molecular complexity index is 727. The van der Waals surface area contributed by atoms with Gasteiger partial charge < -0.3 is 15.4 Å². The molecule has 0 bridgehead atoms.